The average Bonchev–Trinajstić information content (AvgIpc) is 1.67. The SMILES string of the molecule is CC(=O)C(O)CC#N. The first kappa shape index (κ1) is 7.12. The number of aliphatic hydroxyl groups excluding tert-OH is 1. The fourth-order valence-corrected chi connectivity index (χ4v) is 0.230. The van der Waals surface area contributed by atoms with Crippen molar-refractivity contribution in [2.45, 2.75) is 19.4 Å². The van der Waals surface area contributed by atoms with Crippen LogP contribution >= 0.6 is 0 Å². The molecule has 0 aromatic heterocycles. The van der Waals surface area contributed by atoms with Crippen LogP contribution < -0.4 is 0 Å². The van der Waals surface area contributed by atoms with Gasteiger partial charge >= 0.3 is 0 Å². The molecule has 0 aliphatic carbocycles. The van der Waals surface area contributed by atoms with Gasteiger partial charge in [-0.1, -0.05) is 0 Å². The lowest BCUT2D eigenvalue weighted by molar-refractivity contribution is -0.124. The zero-order chi connectivity index (χ0) is 6.57. The molecule has 0 saturated heterocycles. The van der Waals surface area contributed by atoms with Crippen molar-refractivity contribution in [1.29, 1.82) is 5.26 Å². The van der Waals surface area contributed by atoms with Gasteiger partial charge in [0.1, 0.15) is 6.10 Å². The number of nitriles is 1. The Bertz CT molecular complexity index is 125. The smallest absolute Gasteiger partial charge is 0.159 e. The second-order valence-corrected chi connectivity index (χ2v) is 1.49. The zero-order valence-electron chi connectivity index (χ0n) is 4.59. The Balaban J connectivity index is 3.52. The van der Waals surface area contributed by atoms with Gasteiger partial charge in [-0.25, -0.2) is 0 Å². The summed E-state index contributed by atoms with van der Waals surface area (Å²) in [5, 5.41) is 16.5. The second-order valence-electron chi connectivity index (χ2n) is 1.49. The first-order chi connectivity index (χ1) is 3.68. The Morgan fingerprint density at radius 3 is 2.62 bits per heavy atom. The minimum absolute atomic E-state index is 0.102. The molecule has 0 amide bonds. The second kappa shape index (κ2) is 3.16. The molecule has 0 fully saturated rings. The maximum absolute atomic E-state index is 10.1. The predicted octanol–water partition coefficient (Wildman–Crippen LogP) is -0.150. The van der Waals surface area contributed by atoms with E-state index < -0.39 is 6.10 Å². The van der Waals surface area contributed by atoms with E-state index in [1.165, 1.54) is 6.92 Å². The Hall–Kier alpha value is -0.880. The molecule has 0 aromatic carbocycles. The van der Waals surface area contributed by atoms with Crippen LogP contribution in [0.5, 0.6) is 0 Å². The number of rotatable bonds is 2. The van der Waals surface area contributed by atoms with E-state index in [4.69, 9.17) is 10.4 Å². The fourth-order valence-electron chi connectivity index (χ4n) is 0.230. The van der Waals surface area contributed by atoms with E-state index in [0.29, 0.717) is 0 Å². The van der Waals surface area contributed by atoms with Gasteiger partial charge in [-0.2, -0.15) is 5.26 Å². The summed E-state index contributed by atoms with van der Waals surface area (Å²) in [6.45, 7) is 1.25. The highest BCUT2D eigenvalue weighted by atomic mass is 16.3. The van der Waals surface area contributed by atoms with Crippen molar-refractivity contribution in [2.75, 3.05) is 0 Å². The first-order valence-corrected chi connectivity index (χ1v) is 2.24. The van der Waals surface area contributed by atoms with Gasteiger partial charge in [0, 0.05) is 0 Å². The van der Waals surface area contributed by atoms with Crippen molar-refractivity contribution < 1.29 is 9.90 Å². The number of aliphatic hydroxyl groups is 1. The third-order valence-electron chi connectivity index (χ3n) is 0.754. The molecule has 0 saturated carbocycles. The molecule has 3 heteroatoms. The average molecular weight is 113 g/mol. The third kappa shape index (κ3) is 2.32. The molecule has 0 heterocycles. The normalized spacial score (nSPS) is 12.1. The lowest BCUT2D eigenvalue weighted by Crippen LogP contribution is -2.15. The van der Waals surface area contributed by atoms with Crippen molar-refractivity contribution in [3.63, 3.8) is 0 Å². The molecule has 3 nitrogen and oxygen atoms in total. The molecule has 8 heavy (non-hydrogen) atoms. The predicted molar refractivity (Wildman–Crippen MR) is 26.9 cm³/mol. The summed E-state index contributed by atoms with van der Waals surface area (Å²) in [6.07, 6.45) is -1.19. The van der Waals surface area contributed by atoms with Crippen LogP contribution in [0.3, 0.4) is 0 Å². The molecule has 0 bridgehead atoms. The van der Waals surface area contributed by atoms with E-state index in [1.54, 1.807) is 6.07 Å². The third-order valence-corrected chi connectivity index (χ3v) is 0.754. The molecule has 0 aromatic rings. The fraction of sp³-hybridized carbons (Fsp3) is 0.600. The van der Waals surface area contributed by atoms with Gasteiger partial charge in [-0.3, -0.25) is 4.79 Å². The molecule has 0 aliphatic rings. The largest absolute Gasteiger partial charge is 0.384 e. The van der Waals surface area contributed by atoms with Crippen LogP contribution in [0.15, 0.2) is 0 Å². The van der Waals surface area contributed by atoms with Crippen molar-refractivity contribution in [2.24, 2.45) is 0 Å². The van der Waals surface area contributed by atoms with Crippen LogP contribution in [-0.4, -0.2) is 17.0 Å². The molecular weight excluding hydrogens is 106 g/mol. The molecule has 0 radical (unpaired) electrons. The molecular formula is C5H7NO2. The molecule has 0 aliphatic heterocycles. The van der Waals surface area contributed by atoms with Crippen molar-refractivity contribution >= 4 is 5.78 Å². The van der Waals surface area contributed by atoms with Crippen LogP contribution in [0, 0.1) is 11.3 Å². The van der Waals surface area contributed by atoms with Crippen molar-refractivity contribution in [1.82, 2.24) is 0 Å². The first-order valence-electron chi connectivity index (χ1n) is 2.24. The highest BCUT2D eigenvalue weighted by molar-refractivity contribution is 5.80. The van der Waals surface area contributed by atoms with Gasteiger partial charge in [0.05, 0.1) is 12.5 Å². The maximum atomic E-state index is 10.1. The number of carbonyl (C=O) groups excluding carboxylic acids is 1. The summed E-state index contributed by atoms with van der Waals surface area (Å²) >= 11 is 0. The minimum Gasteiger partial charge on any atom is -0.384 e. The summed E-state index contributed by atoms with van der Waals surface area (Å²) in [6, 6.07) is 1.68. The highest BCUT2D eigenvalue weighted by Gasteiger charge is 2.06. The van der Waals surface area contributed by atoms with E-state index >= 15 is 0 Å². The van der Waals surface area contributed by atoms with Crippen LogP contribution in [-0.2, 0) is 4.79 Å². The quantitative estimate of drug-likeness (QED) is 0.541. The summed E-state index contributed by atoms with van der Waals surface area (Å²) < 4.78 is 0. The Morgan fingerprint density at radius 1 is 2.00 bits per heavy atom. The summed E-state index contributed by atoms with van der Waals surface area (Å²) in [5.41, 5.74) is 0. The summed E-state index contributed by atoms with van der Waals surface area (Å²) in [4.78, 5) is 10.1. The van der Waals surface area contributed by atoms with Crippen molar-refractivity contribution in [3.8, 4) is 6.07 Å². The number of nitrogens with zero attached hydrogens (tertiary/aromatic N) is 1. The van der Waals surface area contributed by atoms with E-state index in [2.05, 4.69) is 0 Å². The van der Waals surface area contributed by atoms with Crippen LogP contribution in [0.4, 0.5) is 0 Å². The molecule has 1 N–H and O–H groups in total. The Kier molecular flexibility index (Phi) is 2.82. The van der Waals surface area contributed by atoms with E-state index in [0.717, 1.165) is 0 Å². The van der Waals surface area contributed by atoms with Gasteiger partial charge < -0.3 is 5.11 Å². The summed E-state index contributed by atoms with van der Waals surface area (Å²) in [5.74, 6) is -0.355. The number of hydrogen-bond acceptors (Lipinski definition) is 3. The Labute approximate surface area is 47.5 Å². The van der Waals surface area contributed by atoms with Crippen LogP contribution in [0.25, 0.3) is 0 Å². The maximum Gasteiger partial charge on any atom is 0.159 e. The van der Waals surface area contributed by atoms with Gasteiger partial charge in [0.2, 0.25) is 0 Å². The standard InChI is InChI=1S/C5H7NO2/c1-4(7)5(8)2-3-6/h5,8H,2H2,1H3. The van der Waals surface area contributed by atoms with E-state index in [-0.39, 0.29) is 12.2 Å². The zero-order valence-corrected chi connectivity index (χ0v) is 4.59. The number of carbonyl (C=O) groups is 1. The van der Waals surface area contributed by atoms with Gasteiger partial charge in [-0.15, -0.1) is 0 Å². The topological polar surface area (TPSA) is 61.1 Å². The van der Waals surface area contributed by atoms with E-state index in [9.17, 15) is 4.79 Å². The van der Waals surface area contributed by atoms with Gasteiger partial charge in [-0.05, 0) is 6.92 Å². The highest BCUT2D eigenvalue weighted by Crippen LogP contribution is 1.88. The van der Waals surface area contributed by atoms with E-state index in [1.807, 2.05) is 0 Å². The molecule has 1 atom stereocenters. The Morgan fingerprint density at radius 2 is 2.50 bits per heavy atom. The van der Waals surface area contributed by atoms with Gasteiger partial charge in [0.15, 0.2) is 5.78 Å². The number of Topliss-reactive ketones (excluding diaryl/α,β-unsaturated/α-hetero) is 1. The van der Waals surface area contributed by atoms with Crippen molar-refractivity contribution in [3.05, 3.63) is 0 Å². The van der Waals surface area contributed by atoms with Crippen LogP contribution in [0.2, 0.25) is 0 Å². The monoisotopic (exact) mass is 113 g/mol. The lowest BCUT2D eigenvalue weighted by Gasteiger charge is -1.96. The minimum atomic E-state index is -1.08. The molecule has 44 valence electrons. The molecule has 0 spiro atoms. The number of ketones is 1. The number of hydrogen-bond donors (Lipinski definition) is 1. The van der Waals surface area contributed by atoms with Crippen LogP contribution in [0.1, 0.15) is 13.3 Å². The van der Waals surface area contributed by atoms with Gasteiger partial charge in [0.25, 0.3) is 0 Å². The lowest BCUT2D eigenvalue weighted by atomic mass is 10.2. The molecule has 1 unspecified atom stereocenters. The molecule has 0 rings (SSSR count). The summed E-state index contributed by atoms with van der Waals surface area (Å²) in [7, 11) is 0.